The van der Waals surface area contributed by atoms with Gasteiger partial charge in [-0.05, 0) is 30.3 Å². The number of rotatable bonds is 4. The van der Waals surface area contributed by atoms with Crippen molar-refractivity contribution in [3.8, 4) is 5.69 Å². The molecule has 11 nitrogen and oxygen atoms in total. The lowest BCUT2D eigenvalue weighted by Crippen LogP contribution is -2.13. The Labute approximate surface area is 149 Å². The summed E-state index contributed by atoms with van der Waals surface area (Å²) >= 11 is 0. The molecule has 0 aliphatic rings. The van der Waals surface area contributed by atoms with Crippen LogP contribution in [0.4, 0.5) is 11.4 Å². The summed E-state index contributed by atoms with van der Waals surface area (Å²) in [6.45, 7) is 0. The highest BCUT2D eigenvalue weighted by Gasteiger charge is 2.19. The molecule has 0 spiro atoms. The van der Waals surface area contributed by atoms with Gasteiger partial charge in [0.1, 0.15) is 18.3 Å². The second-order valence-electron chi connectivity index (χ2n) is 5.48. The van der Waals surface area contributed by atoms with Crippen LogP contribution in [0.15, 0.2) is 58.3 Å². The zero-order valence-corrected chi connectivity index (χ0v) is 13.4. The van der Waals surface area contributed by atoms with Crippen LogP contribution < -0.4 is 11.1 Å². The number of anilines is 1. The third kappa shape index (κ3) is 3.04. The molecule has 2 N–H and O–H groups in total. The Morgan fingerprint density at radius 3 is 2.85 bits per heavy atom. The van der Waals surface area contributed by atoms with E-state index in [1.54, 1.807) is 6.07 Å². The number of fused-ring (bicyclic) bond motifs is 1. The number of H-pyrrole nitrogens is 1. The van der Waals surface area contributed by atoms with E-state index in [1.807, 2.05) is 0 Å². The Hall–Kier alpha value is -4.28. The van der Waals surface area contributed by atoms with E-state index in [2.05, 4.69) is 20.4 Å². The number of aromatic amines is 1. The number of oxazole rings is 1. The molecular formula is C16H10N6O5. The van der Waals surface area contributed by atoms with Crippen LogP contribution in [0.5, 0.6) is 0 Å². The topological polar surface area (TPSA) is 149 Å². The van der Waals surface area contributed by atoms with Gasteiger partial charge >= 0.3 is 5.76 Å². The Bertz CT molecular complexity index is 1220. The zero-order valence-electron chi connectivity index (χ0n) is 13.4. The lowest BCUT2D eigenvalue weighted by molar-refractivity contribution is -0.384. The van der Waals surface area contributed by atoms with Crippen molar-refractivity contribution < 1.29 is 14.1 Å². The predicted molar refractivity (Wildman–Crippen MR) is 92.8 cm³/mol. The number of nitrogens with zero attached hydrogens (tertiary/aromatic N) is 4. The van der Waals surface area contributed by atoms with E-state index < -0.39 is 16.6 Å². The molecule has 0 saturated heterocycles. The minimum atomic E-state index is -0.604. The molecule has 2 heterocycles. The molecule has 0 aliphatic carbocycles. The van der Waals surface area contributed by atoms with Gasteiger partial charge in [0.05, 0.1) is 10.4 Å². The van der Waals surface area contributed by atoms with Crippen molar-refractivity contribution in [2.24, 2.45) is 0 Å². The molecule has 4 aromatic rings. The predicted octanol–water partition coefficient (Wildman–Crippen LogP) is 1.86. The lowest BCUT2D eigenvalue weighted by Gasteiger charge is -2.07. The Morgan fingerprint density at radius 2 is 2.11 bits per heavy atom. The molecule has 2 aromatic heterocycles. The summed E-state index contributed by atoms with van der Waals surface area (Å²) in [7, 11) is 0. The summed E-state index contributed by atoms with van der Waals surface area (Å²) in [6.07, 6.45) is 2.57. The minimum absolute atomic E-state index is 0.0892. The summed E-state index contributed by atoms with van der Waals surface area (Å²) in [6, 6.07) is 8.62. The van der Waals surface area contributed by atoms with Crippen LogP contribution in [0.2, 0.25) is 0 Å². The number of carbonyl (C=O) groups is 1. The van der Waals surface area contributed by atoms with Gasteiger partial charge in [-0.25, -0.2) is 14.5 Å². The first kappa shape index (κ1) is 16.2. The van der Waals surface area contributed by atoms with Crippen LogP contribution in [0.25, 0.3) is 16.8 Å². The highest BCUT2D eigenvalue weighted by atomic mass is 16.6. The summed E-state index contributed by atoms with van der Waals surface area (Å²) in [5, 5.41) is 17.9. The smallest absolute Gasteiger partial charge is 0.408 e. The number of hydrogen-bond donors (Lipinski definition) is 2. The first-order chi connectivity index (χ1) is 13.0. The molecule has 0 saturated carbocycles. The number of hydrogen-bond acceptors (Lipinski definition) is 7. The Morgan fingerprint density at radius 1 is 1.26 bits per heavy atom. The average molecular weight is 366 g/mol. The van der Waals surface area contributed by atoms with E-state index in [0.717, 1.165) is 6.07 Å². The molecule has 11 heteroatoms. The number of carbonyl (C=O) groups excluding carboxylic acids is 1. The molecule has 1 amide bonds. The van der Waals surface area contributed by atoms with Crippen LogP contribution in [-0.4, -0.2) is 30.6 Å². The van der Waals surface area contributed by atoms with Gasteiger partial charge in [0.15, 0.2) is 5.58 Å². The van der Waals surface area contributed by atoms with Crippen LogP contribution in [0.3, 0.4) is 0 Å². The standard InChI is InChI=1S/C16H10N6O5/c23-15(19-10-2-4-14-11(6-10)20-16(24)27-14)9-1-3-12(13(5-9)22(25)26)21-8-17-7-18-21/h1-8H,(H,19,23)(H,20,24). The first-order valence-corrected chi connectivity index (χ1v) is 7.59. The molecule has 27 heavy (non-hydrogen) atoms. The van der Waals surface area contributed by atoms with Crippen molar-refractivity contribution in [2.75, 3.05) is 5.32 Å². The molecule has 0 atom stereocenters. The van der Waals surface area contributed by atoms with Crippen LogP contribution in [-0.2, 0) is 0 Å². The van der Waals surface area contributed by atoms with Crippen molar-refractivity contribution in [2.45, 2.75) is 0 Å². The fourth-order valence-electron chi connectivity index (χ4n) is 2.57. The SMILES string of the molecule is O=C(Nc1ccc2oc(=O)[nH]c2c1)c1ccc(-n2cncn2)c([N+](=O)[O-])c1. The normalized spacial score (nSPS) is 10.8. The fourth-order valence-corrected chi connectivity index (χ4v) is 2.57. The van der Waals surface area contributed by atoms with Gasteiger partial charge in [0, 0.05) is 17.3 Å². The van der Waals surface area contributed by atoms with E-state index in [1.165, 1.54) is 41.6 Å². The minimum Gasteiger partial charge on any atom is -0.408 e. The van der Waals surface area contributed by atoms with Gasteiger partial charge < -0.3 is 9.73 Å². The largest absolute Gasteiger partial charge is 0.417 e. The molecule has 0 fully saturated rings. The number of nitrogens with one attached hydrogen (secondary N) is 2. The van der Waals surface area contributed by atoms with Crippen LogP contribution in [0.1, 0.15) is 10.4 Å². The average Bonchev–Trinajstić information content (AvgIpc) is 3.29. The Balaban J connectivity index is 1.65. The van der Waals surface area contributed by atoms with Gasteiger partial charge in [0.25, 0.3) is 11.6 Å². The van der Waals surface area contributed by atoms with E-state index >= 15 is 0 Å². The molecule has 0 aliphatic heterocycles. The summed E-state index contributed by atoms with van der Waals surface area (Å²) in [5.74, 6) is -1.15. The highest BCUT2D eigenvalue weighted by molar-refractivity contribution is 6.05. The number of benzene rings is 2. The third-order valence-electron chi connectivity index (χ3n) is 3.78. The molecule has 4 rings (SSSR count). The van der Waals surface area contributed by atoms with Crippen molar-refractivity contribution in [1.29, 1.82) is 0 Å². The summed E-state index contributed by atoms with van der Waals surface area (Å²) in [5.41, 5.74) is 1.16. The number of nitro groups is 1. The van der Waals surface area contributed by atoms with Crippen LogP contribution in [0, 0.1) is 10.1 Å². The second-order valence-corrected chi connectivity index (χ2v) is 5.48. The quantitative estimate of drug-likeness (QED) is 0.413. The molecule has 0 bridgehead atoms. The number of nitro benzene ring substituents is 1. The molecule has 2 aromatic carbocycles. The van der Waals surface area contributed by atoms with E-state index in [9.17, 15) is 19.7 Å². The number of amides is 1. The molecular weight excluding hydrogens is 356 g/mol. The van der Waals surface area contributed by atoms with Gasteiger partial charge in [-0.3, -0.25) is 19.9 Å². The summed E-state index contributed by atoms with van der Waals surface area (Å²) in [4.78, 5) is 40.7. The van der Waals surface area contributed by atoms with Gasteiger partial charge in [0.2, 0.25) is 0 Å². The Kier molecular flexibility index (Phi) is 3.73. The van der Waals surface area contributed by atoms with E-state index in [4.69, 9.17) is 4.42 Å². The zero-order chi connectivity index (χ0) is 19.0. The van der Waals surface area contributed by atoms with Gasteiger partial charge in [-0.15, -0.1) is 0 Å². The van der Waals surface area contributed by atoms with Gasteiger partial charge in [-0.2, -0.15) is 5.10 Å². The second kappa shape index (κ2) is 6.22. The van der Waals surface area contributed by atoms with Crippen molar-refractivity contribution in [1.82, 2.24) is 19.7 Å². The first-order valence-electron chi connectivity index (χ1n) is 7.59. The maximum absolute atomic E-state index is 12.5. The van der Waals surface area contributed by atoms with Crippen molar-refractivity contribution in [3.63, 3.8) is 0 Å². The van der Waals surface area contributed by atoms with Gasteiger partial charge in [-0.1, -0.05) is 0 Å². The highest BCUT2D eigenvalue weighted by Crippen LogP contribution is 2.24. The van der Waals surface area contributed by atoms with Crippen molar-refractivity contribution >= 4 is 28.4 Å². The summed E-state index contributed by atoms with van der Waals surface area (Å²) < 4.78 is 6.13. The maximum atomic E-state index is 12.5. The van der Waals surface area contributed by atoms with Crippen molar-refractivity contribution in [3.05, 3.63) is 75.3 Å². The van der Waals surface area contributed by atoms with E-state index in [-0.39, 0.29) is 16.9 Å². The van der Waals surface area contributed by atoms with E-state index in [0.29, 0.717) is 16.8 Å². The fraction of sp³-hybridized carbons (Fsp3) is 0. The maximum Gasteiger partial charge on any atom is 0.417 e. The van der Waals surface area contributed by atoms with Crippen LogP contribution >= 0.6 is 0 Å². The lowest BCUT2D eigenvalue weighted by atomic mass is 10.1. The monoisotopic (exact) mass is 366 g/mol. The third-order valence-corrected chi connectivity index (χ3v) is 3.78. The molecule has 0 radical (unpaired) electrons. The molecule has 0 unspecified atom stereocenters. The number of aromatic nitrogens is 4. The molecule has 134 valence electrons.